The zero-order valence-electron chi connectivity index (χ0n) is 15.1. The van der Waals surface area contributed by atoms with Crippen LogP contribution >= 0.6 is 0 Å². The number of ether oxygens (including phenoxy) is 3. The predicted molar refractivity (Wildman–Crippen MR) is 101 cm³/mol. The van der Waals surface area contributed by atoms with Gasteiger partial charge in [-0.2, -0.15) is 0 Å². The number of benzene rings is 2. The number of hydrogen-bond acceptors (Lipinski definition) is 5. The molecule has 0 spiro atoms. The van der Waals surface area contributed by atoms with Crippen molar-refractivity contribution in [2.24, 2.45) is 0 Å². The van der Waals surface area contributed by atoms with E-state index < -0.39 is 0 Å². The third-order valence-corrected chi connectivity index (χ3v) is 4.10. The lowest BCUT2D eigenvalue weighted by molar-refractivity contribution is 0.355. The summed E-state index contributed by atoms with van der Waals surface area (Å²) in [6.07, 6.45) is 3.60. The van der Waals surface area contributed by atoms with E-state index in [0.29, 0.717) is 39.5 Å². The molecule has 0 aliphatic rings. The van der Waals surface area contributed by atoms with Crippen molar-refractivity contribution < 1.29 is 18.6 Å². The topological polar surface area (TPSA) is 57.9 Å². The molecule has 0 bridgehead atoms. The summed E-state index contributed by atoms with van der Waals surface area (Å²) in [4.78, 5) is 12.6. The van der Waals surface area contributed by atoms with E-state index in [1.54, 1.807) is 46.5 Å². The van der Waals surface area contributed by atoms with E-state index >= 15 is 0 Å². The average molecular weight is 351 g/mol. The molecule has 0 amide bonds. The van der Waals surface area contributed by atoms with Gasteiger partial charge in [0.25, 0.3) is 0 Å². The molecule has 0 aliphatic heterocycles. The van der Waals surface area contributed by atoms with Gasteiger partial charge in [-0.25, -0.2) is 0 Å². The molecule has 3 aromatic rings. The largest absolute Gasteiger partial charge is 0.496 e. The quantitative estimate of drug-likeness (QED) is 0.693. The molecule has 1 aromatic heterocycles. The third-order valence-electron chi connectivity index (χ3n) is 4.10. The van der Waals surface area contributed by atoms with Crippen LogP contribution < -0.4 is 19.6 Å². The van der Waals surface area contributed by atoms with Gasteiger partial charge in [-0.15, -0.1) is 0 Å². The Bertz CT molecular complexity index is 1030. The van der Waals surface area contributed by atoms with Gasteiger partial charge >= 0.3 is 0 Å². The van der Waals surface area contributed by atoms with Gasteiger partial charge in [-0.05, 0) is 42.8 Å². The highest BCUT2D eigenvalue weighted by molar-refractivity contribution is 5.80. The van der Waals surface area contributed by atoms with Crippen LogP contribution in [0.25, 0.3) is 23.1 Å². The molecule has 1 radical (unpaired) electrons. The summed E-state index contributed by atoms with van der Waals surface area (Å²) >= 11 is 0. The molecule has 2 aromatic carbocycles. The van der Waals surface area contributed by atoms with Crippen LogP contribution in [0.2, 0.25) is 0 Å². The van der Waals surface area contributed by atoms with Crippen molar-refractivity contribution in [2.45, 2.75) is 6.92 Å². The summed E-state index contributed by atoms with van der Waals surface area (Å²) in [5, 5.41) is 0.478. The normalized spacial score (nSPS) is 11.1. The molecule has 0 fully saturated rings. The minimum absolute atomic E-state index is 0.0860. The third kappa shape index (κ3) is 3.28. The van der Waals surface area contributed by atoms with Crippen LogP contribution in [0.3, 0.4) is 0 Å². The first-order chi connectivity index (χ1) is 12.6. The summed E-state index contributed by atoms with van der Waals surface area (Å²) in [7, 11) is 4.72. The molecule has 0 unspecified atom stereocenters. The molecular formula is C21H19O5. The minimum Gasteiger partial charge on any atom is -0.496 e. The second-order valence-electron chi connectivity index (χ2n) is 5.64. The Morgan fingerprint density at radius 1 is 0.962 bits per heavy atom. The zero-order chi connectivity index (χ0) is 18.7. The Balaban J connectivity index is 2.04. The summed E-state index contributed by atoms with van der Waals surface area (Å²) < 4.78 is 21.5. The molecule has 5 nitrogen and oxygen atoms in total. The Morgan fingerprint density at radius 3 is 2.42 bits per heavy atom. The highest BCUT2D eigenvalue weighted by Gasteiger charge is 2.10. The number of methoxy groups -OCH3 is 3. The van der Waals surface area contributed by atoms with Crippen LogP contribution in [-0.4, -0.2) is 21.3 Å². The van der Waals surface area contributed by atoms with Gasteiger partial charge in [0.2, 0.25) is 0 Å². The second kappa shape index (κ2) is 7.35. The molecular weight excluding hydrogens is 332 g/mol. The maximum Gasteiger partial charge on any atom is 0.196 e. The fourth-order valence-electron chi connectivity index (χ4n) is 2.62. The summed E-state index contributed by atoms with van der Waals surface area (Å²) in [5.41, 5.74) is 1.70. The Hall–Kier alpha value is -3.21. The maximum absolute atomic E-state index is 12.6. The smallest absolute Gasteiger partial charge is 0.196 e. The van der Waals surface area contributed by atoms with Crippen LogP contribution in [0.4, 0.5) is 0 Å². The Morgan fingerprint density at radius 2 is 1.73 bits per heavy atom. The predicted octanol–water partition coefficient (Wildman–Crippen LogP) is 4.10. The van der Waals surface area contributed by atoms with Gasteiger partial charge in [-0.1, -0.05) is 12.1 Å². The molecule has 1 heterocycles. The first-order valence-corrected chi connectivity index (χ1v) is 8.01. The number of rotatable bonds is 5. The maximum atomic E-state index is 12.6. The van der Waals surface area contributed by atoms with E-state index in [4.69, 9.17) is 18.6 Å². The lowest BCUT2D eigenvalue weighted by atomic mass is 10.1. The van der Waals surface area contributed by atoms with Crippen molar-refractivity contribution in [2.75, 3.05) is 21.3 Å². The van der Waals surface area contributed by atoms with Crippen molar-refractivity contribution in [3.05, 3.63) is 63.5 Å². The van der Waals surface area contributed by atoms with Crippen LogP contribution in [0.5, 0.6) is 17.2 Å². The van der Waals surface area contributed by atoms with Gasteiger partial charge in [0, 0.05) is 5.56 Å². The fraction of sp³-hybridized carbons (Fsp3) is 0.190. The first kappa shape index (κ1) is 17.6. The van der Waals surface area contributed by atoms with E-state index in [0.717, 1.165) is 5.56 Å². The highest BCUT2D eigenvalue weighted by Crippen LogP contribution is 2.28. The van der Waals surface area contributed by atoms with E-state index in [2.05, 4.69) is 6.07 Å². The van der Waals surface area contributed by atoms with Gasteiger partial charge in [-0.3, -0.25) is 4.79 Å². The Kier molecular flexibility index (Phi) is 4.98. The zero-order valence-corrected chi connectivity index (χ0v) is 15.1. The summed E-state index contributed by atoms with van der Waals surface area (Å²) in [6, 6.07) is 11.9. The standard InChI is InChI=1S/C21H19O5/c1-13-17(9-5-14-6-10-18(24-3)20(11-14)25-4)26-19-12-15(23-2)7-8-16(19)21(13)22/h5-11H,1-4H3. The molecule has 133 valence electrons. The van der Waals surface area contributed by atoms with E-state index in [-0.39, 0.29) is 5.43 Å². The monoisotopic (exact) mass is 351 g/mol. The first-order valence-electron chi connectivity index (χ1n) is 8.01. The molecule has 0 aliphatic carbocycles. The highest BCUT2D eigenvalue weighted by atomic mass is 16.5. The van der Waals surface area contributed by atoms with Gasteiger partial charge in [0.15, 0.2) is 16.9 Å². The van der Waals surface area contributed by atoms with Crippen LogP contribution in [-0.2, 0) is 0 Å². The molecule has 5 heteroatoms. The molecule has 0 N–H and O–H groups in total. The van der Waals surface area contributed by atoms with Gasteiger partial charge in [0.1, 0.15) is 17.1 Å². The molecule has 0 saturated heterocycles. The van der Waals surface area contributed by atoms with Crippen molar-refractivity contribution in [3.8, 4) is 17.2 Å². The number of fused-ring (bicyclic) bond motifs is 1. The van der Waals surface area contributed by atoms with E-state index in [1.807, 2.05) is 24.3 Å². The SMILES string of the molecule is COc1[c]c2oc(C=Cc3ccc(OC)c(OC)c3)c(C)c(=O)c2cc1. The van der Waals surface area contributed by atoms with Gasteiger partial charge in [0.05, 0.1) is 32.8 Å². The molecule has 0 atom stereocenters. The van der Waals surface area contributed by atoms with E-state index in [1.165, 1.54) is 0 Å². The van der Waals surface area contributed by atoms with Crippen LogP contribution in [0.1, 0.15) is 16.9 Å². The minimum atomic E-state index is -0.0860. The molecule has 0 saturated carbocycles. The summed E-state index contributed by atoms with van der Waals surface area (Å²) in [5.74, 6) is 2.27. The van der Waals surface area contributed by atoms with Gasteiger partial charge < -0.3 is 18.6 Å². The van der Waals surface area contributed by atoms with E-state index in [9.17, 15) is 4.79 Å². The lowest BCUT2D eigenvalue weighted by Crippen LogP contribution is -2.07. The molecule has 26 heavy (non-hydrogen) atoms. The Labute approximate surface area is 151 Å². The lowest BCUT2D eigenvalue weighted by Gasteiger charge is -2.08. The van der Waals surface area contributed by atoms with Crippen LogP contribution in [0, 0.1) is 13.0 Å². The fourth-order valence-corrected chi connectivity index (χ4v) is 2.62. The van der Waals surface area contributed by atoms with Crippen molar-refractivity contribution in [1.82, 2.24) is 0 Å². The van der Waals surface area contributed by atoms with Crippen molar-refractivity contribution >= 4 is 23.1 Å². The average Bonchev–Trinajstić information content (AvgIpc) is 2.68. The van der Waals surface area contributed by atoms with Crippen molar-refractivity contribution in [3.63, 3.8) is 0 Å². The van der Waals surface area contributed by atoms with Crippen molar-refractivity contribution in [1.29, 1.82) is 0 Å². The summed E-state index contributed by atoms with van der Waals surface area (Å²) in [6.45, 7) is 1.74. The molecule has 3 rings (SSSR count). The second-order valence-corrected chi connectivity index (χ2v) is 5.64. The number of hydrogen-bond donors (Lipinski definition) is 0. The van der Waals surface area contributed by atoms with Crippen LogP contribution in [0.15, 0.2) is 39.5 Å².